The Bertz CT molecular complexity index is 424. The molecule has 112 valence electrons. The molecule has 0 aliphatic carbocycles. The number of nitrogens with zero attached hydrogens (tertiary/aromatic N) is 1. The third-order valence-electron chi connectivity index (χ3n) is 2.90. The monoisotopic (exact) mass is 281 g/mol. The molecule has 6 nitrogen and oxygen atoms in total. The normalized spacial score (nSPS) is 12.2. The molecule has 0 aromatic heterocycles. The summed E-state index contributed by atoms with van der Waals surface area (Å²) in [6, 6.07) is 6.86. The Hall–Kier alpha value is -1.63. The maximum absolute atomic E-state index is 11.4. The van der Waals surface area contributed by atoms with Gasteiger partial charge in [-0.05, 0) is 38.6 Å². The molecule has 6 heteroatoms. The van der Waals surface area contributed by atoms with Crippen molar-refractivity contribution < 1.29 is 14.6 Å². The van der Waals surface area contributed by atoms with Crippen LogP contribution in [0.4, 0.5) is 0 Å². The number of rotatable bonds is 8. The van der Waals surface area contributed by atoms with E-state index in [-0.39, 0.29) is 12.0 Å². The van der Waals surface area contributed by atoms with Crippen molar-refractivity contribution in [3.63, 3.8) is 0 Å². The smallest absolute Gasteiger partial charge is 0.265 e. The number of hydrazine groups is 1. The van der Waals surface area contributed by atoms with E-state index in [0.717, 1.165) is 19.5 Å². The van der Waals surface area contributed by atoms with Gasteiger partial charge in [0.2, 0.25) is 0 Å². The van der Waals surface area contributed by atoms with Gasteiger partial charge in [-0.2, -0.15) is 0 Å². The molecule has 0 saturated carbocycles. The van der Waals surface area contributed by atoms with Gasteiger partial charge in [0.05, 0.1) is 6.10 Å². The fourth-order valence-corrected chi connectivity index (χ4v) is 1.65. The number of ether oxygens (including phenoxy) is 1. The summed E-state index contributed by atoms with van der Waals surface area (Å²) in [5, 5.41) is 9.20. The van der Waals surface area contributed by atoms with Crippen LogP contribution in [0.25, 0.3) is 0 Å². The van der Waals surface area contributed by atoms with E-state index in [9.17, 15) is 9.90 Å². The minimum Gasteiger partial charge on any atom is -0.492 e. The minimum absolute atomic E-state index is 0.287. The first kappa shape index (κ1) is 16.4. The maximum Gasteiger partial charge on any atom is 0.265 e. The van der Waals surface area contributed by atoms with Crippen LogP contribution in [0.15, 0.2) is 24.3 Å². The number of hydrogen-bond donors (Lipinski definition) is 3. The van der Waals surface area contributed by atoms with Gasteiger partial charge in [-0.15, -0.1) is 0 Å². The van der Waals surface area contributed by atoms with Crippen molar-refractivity contribution in [2.45, 2.75) is 19.4 Å². The molecule has 0 saturated heterocycles. The van der Waals surface area contributed by atoms with Crippen molar-refractivity contribution in [2.75, 3.05) is 26.7 Å². The van der Waals surface area contributed by atoms with Crippen LogP contribution < -0.4 is 16.0 Å². The molecule has 1 amide bonds. The third kappa shape index (κ3) is 6.01. The second-order valence-electron chi connectivity index (χ2n) is 4.79. The highest BCUT2D eigenvalue weighted by Gasteiger charge is 2.05. The van der Waals surface area contributed by atoms with Gasteiger partial charge in [-0.3, -0.25) is 10.2 Å². The number of aliphatic hydroxyl groups is 1. The summed E-state index contributed by atoms with van der Waals surface area (Å²) in [4.78, 5) is 13.5. The molecule has 1 unspecified atom stereocenters. The molecule has 0 spiro atoms. The number of nitrogen functional groups attached to an aromatic ring is 1. The molecule has 20 heavy (non-hydrogen) atoms. The predicted molar refractivity (Wildman–Crippen MR) is 77.4 cm³/mol. The molecule has 0 radical (unpaired) electrons. The minimum atomic E-state index is -0.343. The number of carbonyl (C=O) groups is 1. The Kier molecular flexibility index (Phi) is 7.00. The Morgan fingerprint density at radius 3 is 2.90 bits per heavy atom. The molecule has 1 aromatic rings. The van der Waals surface area contributed by atoms with E-state index in [1.54, 1.807) is 31.2 Å². The molecule has 0 heterocycles. The fraction of sp³-hybridized carbons (Fsp3) is 0.500. The van der Waals surface area contributed by atoms with Crippen molar-refractivity contribution >= 4 is 5.91 Å². The highest BCUT2D eigenvalue weighted by Crippen LogP contribution is 2.13. The number of amides is 1. The second kappa shape index (κ2) is 8.52. The Morgan fingerprint density at radius 1 is 1.50 bits per heavy atom. The van der Waals surface area contributed by atoms with Gasteiger partial charge in [0.15, 0.2) is 0 Å². The van der Waals surface area contributed by atoms with Crippen molar-refractivity contribution in [3.05, 3.63) is 29.8 Å². The number of nitrogens with one attached hydrogen (secondary N) is 1. The lowest BCUT2D eigenvalue weighted by Gasteiger charge is -2.17. The second-order valence-corrected chi connectivity index (χ2v) is 4.79. The molecule has 1 aromatic carbocycles. The van der Waals surface area contributed by atoms with E-state index in [1.807, 2.05) is 7.05 Å². The summed E-state index contributed by atoms with van der Waals surface area (Å²) in [6.07, 6.45) is 0.452. The number of benzene rings is 1. The molecule has 0 aliphatic rings. The molecular formula is C14H23N3O3. The van der Waals surface area contributed by atoms with Crippen LogP contribution in [-0.2, 0) is 0 Å². The van der Waals surface area contributed by atoms with Crippen molar-refractivity contribution in [3.8, 4) is 5.75 Å². The lowest BCUT2D eigenvalue weighted by molar-refractivity contribution is 0.0953. The van der Waals surface area contributed by atoms with E-state index >= 15 is 0 Å². The lowest BCUT2D eigenvalue weighted by atomic mass is 10.2. The summed E-state index contributed by atoms with van der Waals surface area (Å²) < 4.78 is 5.59. The van der Waals surface area contributed by atoms with Crippen LogP contribution in [0.2, 0.25) is 0 Å². The topological polar surface area (TPSA) is 87.8 Å². The quantitative estimate of drug-likeness (QED) is 0.364. The van der Waals surface area contributed by atoms with E-state index in [1.165, 1.54) is 0 Å². The Balaban J connectivity index is 2.36. The summed E-state index contributed by atoms with van der Waals surface area (Å²) >= 11 is 0. The zero-order valence-corrected chi connectivity index (χ0v) is 12.0. The molecule has 0 fully saturated rings. The van der Waals surface area contributed by atoms with Crippen LogP contribution in [0, 0.1) is 0 Å². The van der Waals surface area contributed by atoms with Crippen molar-refractivity contribution in [1.82, 2.24) is 10.3 Å². The number of aliphatic hydroxyl groups excluding tert-OH is 1. The number of nitrogens with two attached hydrogens (primary N) is 1. The molecule has 4 N–H and O–H groups in total. The van der Waals surface area contributed by atoms with Crippen LogP contribution in [0.5, 0.6) is 5.75 Å². The van der Waals surface area contributed by atoms with E-state index < -0.39 is 0 Å². The van der Waals surface area contributed by atoms with Crippen LogP contribution >= 0.6 is 0 Å². The van der Waals surface area contributed by atoms with Gasteiger partial charge in [0.1, 0.15) is 12.4 Å². The van der Waals surface area contributed by atoms with E-state index in [0.29, 0.717) is 17.9 Å². The standard InChI is InChI=1S/C14H23N3O3/c1-11(18)6-7-17(2)8-9-20-13-5-3-4-12(10-13)14(19)16-15/h3-5,10-11,18H,6-9,15H2,1-2H3,(H,16,19). The fourth-order valence-electron chi connectivity index (χ4n) is 1.65. The highest BCUT2D eigenvalue weighted by molar-refractivity contribution is 5.94. The average Bonchev–Trinajstić information content (AvgIpc) is 2.44. The first-order valence-electron chi connectivity index (χ1n) is 6.63. The van der Waals surface area contributed by atoms with Gasteiger partial charge in [0, 0.05) is 18.7 Å². The van der Waals surface area contributed by atoms with Gasteiger partial charge < -0.3 is 14.7 Å². The predicted octanol–water partition coefficient (Wildman–Crippen LogP) is 0.372. The van der Waals surface area contributed by atoms with Crippen LogP contribution in [-0.4, -0.2) is 48.8 Å². The highest BCUT2D eigenvalue weighted by atomic mass is 16.5. The Labute approximate surface area is 119 Å². The van der Waals surface area contributed by atoms with E-state index in [4.69, 9.17) is 10.6 Å². The van der Waals surface area contributed by atoms with Crippen molar-refractivity contribution in [1.29, 1.82) is 0 Å². The number of likely N-dealkylation sites (N-methyl/N-ethyl adjacent to an activating group) is 1. The average molecular weight is 281 g/mol. The van der Waals surface area contributed by atoms with Gasteiger partial charge >= 0.3 is 0 Å². The number of hydrogen-bond acceptors (Lipinski definition) is 5. The first-order chi connectivity index (χ1) is 9.52. The molecule has 1 atom stereocenters. The first-order valence-corrected chi connectivity index (χ1v) is 6.63. The lowest BCUT2D eigenvalue weighted by Crippen LogP contribution is -2.30. The van der Waals surface area contributed by atoms with Gasteiger partial charge in [-0.25, -0.2) is 5.84 Å². The SMILES string of the molecule is CC(O)CCN(C)CCOc1cccc(C(=O)NN)c1. The third-order valence-corrected chi connectivity index (χ3v) is 2.90. The summed E-state index contributed by atoms with van der Waals surface area (Å²) in [5.41, 5.74) is 2.55. The number of carbonyl (C=O) groups excluding carboxylic acids is 1. The molecule has 0 bridgehead atoms. The van der Waals surface area contributed by atoms with Gasteiger partial charge in [0.25, 0.3) is 5.91 Å². The zero-order valence-electron chi connectivity index (χ0n) is 12.0. The summed E-state index contributed by atoms with van der Waals surface area (Å²) in [5.74, 6) is 5.38. The van der Waals surface area contributed by atoms with Crippen LogP contribution in [0.3, 0.4) is 0 Å². The molecular weight excluding hydrogens is 258 g/mol. The zero-order chi connectivity index (χ0) is 15.0. The molecule has 0 aliphatic heterocycles. The summed E-state index contributed by atoms with van der Waals surface area (Å²) in [6.45, 7) is 3.86. The van der Waals surface area contributed by atoms with Crippen molar-refractivity contribution in [2.24, 2.45) is 5.84 Å². The van der Waals surface area contributed by atoms with E-state index in [2.05, 4.69) is 10.3 Å². The van der Waals surface area contributed by atoms with Crippen LogP contribution in [0.1, 0.15) is 23.7 Å². The summed E-state index contributed by atoms with van der Waals surface area (Å²) in [7, 11) is 1.98. The Morgan fingerprint density at radius 2 is 2.25 bits per heavy atom. The molecule has 1 rings (SSSR count). The van der Waals surface area contributed by atoms with Gasteiger partial charge in [-0.1, -0.05) is 6.07 Å². The maximum atomic E-state index is 11.4. The largest absolute Gasteiger partial charge is 0.492 e.